The number of ether oxygens (including phenoxy) is 2. The van der Waals surface area contributed by atoms with E-state index in [1.165, 1.54) is 0 Å². The molecule has 0 radical (unpaired) electrons. The summed E-state index contributed by atoms with van der Waals surface area (Å²) in [6, 6.07) is 25.9. The number of carbonyl (C=O) groups is 1. The van der Waals surface area contributed by atoms with E-state index in [4.69, 9.17) is 19.1 Å². The van der Waals surface area contributed by atoms with E-state index in [0.29, 0.717) is 48.1 Å². The van der Waals surface area contributed by atoms with Gasteiger partial charge in [-0.3, -0.25) is 9.48 Å². The first-order valence-electron chi connectivity index (χ1n) is 14.8. The molecular weight excluding hydrogens is 540 g/mol. The molecular formula is C35H38N4O4. The number of aromatic nitrogens is 3. The van der Waals surface area contributed by atoms with Crippen molar-refractivity contribution >= 4 is 5.91 Å². The van der Waals surface area contributed by atoms with Gasteiger partial charge in [0, 0.05) is 25.4 Å². The van der Waals surface area contributed by atoms with Gasteiger partial charge in [0.15, 0.2) is 11.5 Å². The van der Waals surface area contributed by atoms with Crippen molar-refractivity contribution in [3.05, 3.63) is 107 Å². The van der Waals surface area contributed by atoms with E-state index in [1.54, 1.807) is 0 Å². The molecule has 0 saturated heterocycles. The fourth-order valence-corrected chi connectivity index (χ4v) is 4.88. The second-order valence-electron chi connectivity index (χ2n) is 10.6. The molecule has 0 saturated carbocycles. The van der Waals surface area contributed by atoms with E-state index >= 15 is 0 Å². The van der Waals surface area contributed by atoms with Crippen LogP contribution in [0, 0.1) is 0 Å². The third-order valence-corrected chi connectivity index (χ3v) is 7.05. The van der Waals surface area contributed by atoms with Crippen LogP contribution < -0.4 is 14.8 Å². The quantitative estimate of drug-likeness (QED) is 0.154. The maximum absolute atomic E-state index is 13.1. The normalized spacial score (nSPS) is 11.1. The second-order valence-corrected chi connectivity index (χ2v) is 10.6. The molecule has 0 spiro atoms. The van der Waals surface area contributed by atoms with Crippen LogP contribution in [-0.4, -0.2) is 27.4 Å². The zero-order valence-corrected chi connectivity index (χ0v) is 25.2. The molecule has 2 aromatic heterocycles. The first-order chi connectivity index (χ1) is 21.0. The zero-order chi connectivity index (χ0) is 30.2. The summed E-state index contributed by atoms with van der Waals surface area (Å²) < 4.78 is 20.7. The highest BCUT2D eigenvalue weighted by molar-refractivity contribution is 6.02. The third-order valence-electron chi connectivity index (χ3n) is 7.05. The summed E-state index contributed by atoms with van der Waals surface area (Å²) in [6.07, 6.45) is 2.84. The molecule has 5 aromatic rings. The molecule has 222 valence electrons. The Morgan fingerprint density at radius 2 is 1.56 bits per heavy atom. The molecule has 0 atom stereocenters. The smallest absolute Gasteiger partial charge is 0.274 e. The summed E-state index contributed by atoms with van der Waals surface area (Å²) in [5, 5.41) is 11.9. The Morgan fingerprint density at radius 1 is 0.907 bits per heavy atom. The van der Waals surface area contributed by atoms with Gasteiger partial charge in [0.2, 0.25) is 0 Å². The lowest BCUT2D eigenvalue weighted by Gasteiger charge is -2.19. The van der Waals surface area contributed by atoms with E-state index in [0.717, 1.165) is 35.4 Å². The lowest BCUT2D eigenvalue weighted by atomic mass is 9.95. The molecule has 43 heavy (non-hydrogen) atoms. The topological polar surface area (TPSA) is 91.4 Å². The van der Waals surface area contributed by atoms with Gasteiger partial charge in [-0.1, -0.05) is 86.6 Å². The summed E-state index contributed by atoms with van der Waals surface area (Å²) in [4.78, 5) is 13.1. The Hall–Kier alpha value is -4.85. The number of hydrogen-bond acceptors (Lipinski definition) is 6. The van der Waals surface area contributed by atoms with Gasteiger partial charge in [-0.25, -0.2) is 0 Å². The molecule has 8 nitrogen and oxygen atoms in total. The Labute approximate surface area is 252 Å². The maximum atomic E-state index is 13.1. The molecule has 0 fully saturated rings. The fraction of sp³-hybridized carbons (Fsp3) is 0.286. The largest absolute Gasteiger partial charge is 0.488 e. The lowest BCUT2D eigenvalue weighted by molar-refractivity contribution is 0.0947. The van der Waals surface area contributed by atoms with Crippen LogP contribution in [0.25, 0.3) is 22.6 Å². The van der Waals surface area contributed by atoms with Crippen LogP contribution >= 0.6 is 0 Å². The van der Waals surface area contributed by atoms with Gasteiger partial charge < -0.3 is 19.3 Å². The molecule has 2 heterocycles. The monoisotopic (exact) mass is 578 g/mol. The van der Waals surface area contributed by atoms with Crippen LogP contribution in [-0.2, 0) is 19.8 Å². The number of hydrogen-bond donors (Lipinski definition) is 1. The number of aryl methyl sites for hydroxylation is 1. The number of rotatable bonds is 13. The highest BCUT2D eigenvalue weighted by Gasteiger charge is 2.29. The molecule has 0 aliphatic carbocycles. The average Bonchev–Trinajstić information content (AvgIpc) is 3.67. The van der Waals surface area contributed by atoms with Crippen molar-refractivity contribution in [2.45, 2.75) is 59.8 Å². The minimum atomic E-state index is -0.323. The van der Waals surface area contributed by atoms with Gasteiger partial charge in [-0.15, -0.1) is 0 Å². The van der Waals surface area contributed by atoms with Crippen molar-refractivity contribution in [3.63, 3.8) is 0 Å². The molecule has 3 aromatic carbocycles. The molecule has 1 N–H and O–H groups in total. The predicted octanol–water partition coefficient (Wildman–Crippen LogP) is 7.65. The van der Waals surface area contributed by atoms with Crippen LogP contribution in [0.15, 0.2) is 89.6 Å². The average molecular weight is 579 g/mol. The number of carbonyl (C=O) groups excluding carboxylic acids is 1. The van der Waals surface area contributed by atoms with Crippen molar-refractivity contribution in [3.8, 4) is 34.1 Å². The van der Waals surface area contributed by atoms with Gasteiger partial charge in [-0.05, 0) is 48.1 Å². The molecule has 0 aliphatic rings. The molecule has 0 aliphatic heterocycles. The van der Waals surface area contributed by atoms with Gasteiger partial charge in [0.25, 0.3) is 5.91 Å². The SMILES string of the molecule is CCCn1ccc(-c2c(C(=O)NCC)noc2-c2cc(C(C)C)c(OCc3ccccc3)cc2OCc2ccccc2)n1. The molecule has 1 amide bonds. The Morgan fingerprint density at radius 3 is 2.16 bits per heavy atom. The van der Waals surface area contributed by atoms with Crippen LogP contribution in [0.1, 0.15) is 67.2 Å². The van der Waals surface area contributed by atoms with E-state index in [2.05, 4.69) is 31.2 Å². The van der Waals surface area contributed by atoms with E-state index < -0.39 is 0 Å². The lowest BCUT2D eigenvalue weighted by Crippen LogP contribution is -2.23. The predicted molar refractivity (Wildman–Crippen MR) is 167 cm³/mol. The summed E-state index contributed by atoms with van der Waals surface area (Å²) in [5.74, 6) is 1.51. The van der Waals surface area contributed by atoms with Crippen LogP contribution in [0.3, 0.4) is 0 Å². The van der Waals surface area contributed by atoms with Gasteiger partial charge in [0.1, 0.15) is 24.7 Å². The Bertz CT molecular complexity index is 1640. The molecule has 5 rings (SSSR count). The summed E-state index contributed by atoms with van der Waals surface area (Å²) in [7, 11) is 0. The van der Waals surface area contributed by atoms with Gasteiger partial charge in [0.05, 0.1) is 16.8 Å². The summed E-state index contributed by atoms with van der Waals surface area (Å²) in [6.45, 7) is 10.2. The Kier molecular flexibility index (Phi) is 9.56. The highest BCUT2D eigenvalue weighted by Crippen LogP contribution is 2.44. The number of benzene rings is 3. The van der Waals surface area contributed by atoms with Crippen molar-refractivity contribution in [1.29, 1.82) is 0 Å². The number of amides is 1. The van der Waals surface area contributed by atoms with Crippen molar-refractivity contribution < 1.29 is 18.8 Å². The standard InChI is InChI=1S/C35H38N4O4/c1-5-18-39-19-17-29(37-39)32-33(35(40)36-6-2)38-43-34(32)28-20-27(24(3)4)30(41-22-25-13-9-7-10-14-25)21-31(28)42-23-26-15-11-8-12-16-26/h7-17,19-21,24H,5-6,18,22-23H2,1-4H3,(H,36,40). The van der Waals surface area contributed by atoms with Gasteiger partial charge >= 0.3 is 0 Å². The van der Waals surface area contributed by atoms with Crippen LogP contribution in [0.2, 0.25) is 0 Å². The number of nitrogens with one attached hydrogen (secondary N) is 1. The third kappa shape index (κ3) is 6.97. The maximum Gasteiger partial charge on any atom is 0.274 e. The van der Waals surface area contributed by atoms with Gasteiger partial charge in [-0.2, -0.15) is 5.10 Å². The first-order valence-corrected chi connectivity index (χ1v) is 14.8. The minimum absolute atomic E-state index is 0.130. The van der Waals surface area contributed by atoms with Crippen molar-refractivity contribution in [1.82, 2.24) is 20.3 Å². The zero-order valence-electron chi connectivity index (χ0n) is 25.2. The highest BCUT2D eigenvalue weighted by atomic mass is 16.5. The van der Waals surface area contributed by atoms with E-state index in [9.17, 15) is 4.79 Å². The second kappa shape index (κ2) is 13.9. The molecule has 0 unspecified atom stereocenters. The van der Waals surface area contributed by atoms with E-state index in [-0.39, 0.29) is 17.5 Å². The van der Waals surface area contributed by atoms with Crippen molar-refractivity contribution in [2.75, 3.05) is 6.54 Å². The fourth-order valence-electron chi connectivity index (χ4n) is 4.88. The first kappa shape index (κ1) is 29.6. The van der Waals surface area contributed by atoms with Crippen molar-refractivity contribution in [2.24, 2.45) is 0 Å². The minimum Gasteiger partial charge on any atom is -0.488 e. The molecule has 8 heteroatoms. The number of nitrogens with zero attached hydrogens (tertiary/aromatic N) is 3. The molecule has 0 bridgehead atoms. The van der Waals surface area contributed by atoms with Crippen LogP contribution in [0.4, 0.5) is 0 Å². The Balaban J connectivity index is 1.64. The summed E-state index contributed by atoms with van der Waals surface area (Å²) in [5.41, 5.74) is 5.06. The van der Waals surface area contributed by atoms with E-state index in [1.807, 2.05) is 96.7 Å². The van der Waals surface area contributed by atoms with Crippen LogP contribution in [0.5, 0.6) is 11.5 Å². The summed E-state index contributed by atoms with van der Waals surface area (Å²) >= 11 is 0.